The molecule has 4 nitrogen and oxygen atoms in total. The summed E-state index contributed by atoms with van der Waals surface area (Å²) in [4.78, 5) is 0. The molecule has 1 aromatic carbocycles. The van der Waals surface area contributed by atoms with Crippen LogP contribution in [0.5, 0.6) is 5.75 Å². The molecule has 3 N–H and O–H groups in total. The molecule has 0 heterocycles. The molecule has 0 spiro atoms. The smallest absolute Gasteiger partial charge is 0.119 e. The lowest BCUT2D eigenvalue weighted by Crippen LogP contribution is -2.47. The number of aryl methyl sites for hydroxylation is 1. The molecular weight excluding hydrogens is 242 g/mol. The van der Waals surface area contributed by atoms with Crippen molar-refractivity contribution < 1.29 is 14.9 Å². The summed E-state index contributed by atoms with van der Waals surface area (Å²) >= 11 is 0. The van der Waals surface area contributed by atoms with Gasteiger partial charge in [0.25, 0.3) is 0 Å². The maximum absolute atomic E-state index is 9.82. The third kappa shape index (κ3) is 4.49. The highest BCUT2D eigenvalue weighted by molar-refractivity contribution is 5.28. The summed E-state index contributed by atoms with van der Waals surface area (Å²) in [5.41, 5.74) is 1.23. The van der Waals surface area contributed by atoms with Crippen LogP contribution in [0.4, 0.5) is 0 Å². The van der Waals surface area contributed by atoms with Gasteiger partial charge in [-0.15, -0.1) is 0 Å². The van der Waals surface area contributed by atoms with Gasteiger partial charge in [-0.05, 0) is 37.0 Å². The molecule has 2 rings (SSSR count). The average molecular weight is 265 g/mol. The van der Waals surface area contributed by atoms with Gasteiger partial charge in [0.1, 0.15) is 18.5 Å². The zero-order chi connectivity index (χ0) is 13.7. The van der Waals surface area contributed by atoms with Crippen LogP contribution in [0.25, 0.3) is 0 Å². The minimum Gasteiger partial charge on any atom is -0.491 e. The second kappa shape index (κ2) is 6.89. The number of aliphatic hydroxyl groups excluding tert-OH is 2. The summed E-state index contributed by atoms with van der Waals surface area (Å²) < 4.78 is 5.58. The lowest BCUT2D eigenvalue weighted by Gasteiger charge is -2.32. The van der Waals surface area contributed by atoms with Crippen LogP contribution in [-0.4, -0.2) is 41.6 Å². The first-order valence-corrected chi connectivity index (χ1v) is 6.98. The molecule has 0 amide bonds. The Morgan fingerprint density at radius 1 is 1.42 bits per heavy atom. The monoisotopic (exact) mass is 265 g/mol. The second-order valence-electron chi connectivity index (χ2n) is 5.20. The van der Waals surface area contributed by atoms with Crippen molar-refractivity contribution in [2.24, 2.45) is 0 Å². The highest BCUT2D eigenvalue weighted by Gasteiger charge is 2.26. The Balaban J connectivity index is 1.66. The molecule has 1 saturated carbocycles. The van der Waals surface area contributed by atoms with Crippen LogP contribution in [0.1, 0.15) is 25.3 Å². The molecule has 0 aromatic heterocycles. The predicted octanol–water partition coefficient (Wildman–Crippen LogP) is 1.10. The van der Waals surface area contributed by atoms with Gasteiger partial charge < -0.3 is 20.3 Å². The molecule has 0 radical (unpaired) electrons. The van der Waals surface area contributed by atoms with Crippen molar-refractivity contribution in [2.75, 3.05) is 13.2 Å². The van der Waals surface area contributed by atoms with Gasteiger partial charge in [-0.3, -0.25) is 0 Å². The van der Waals surface area contributed by atoms with Crippen molar-refractivity contribution in [3.8, 4) is 5.75 Å². The predicted molar refractivity (Wildman–Crippen MR) is 74.4 cm³/mol. The zero-order valence-corrected chi connectivity index (χ0v) is 11.4. The third-order valence-electron chi connectivity index (χ3n) is 3.50. The highest BCUT2D eigenvalue weighted by Crippen LogP contribution is 2.19. The molecule has 0 saturated heterocycles. The summed E-state index contributed by atoms with van der Waals surface area (Å²) in [5.74, 6) is 0.803. The number of rotatable bonds is 7. The Morgan fingerprint density at radius 3 is 2.89 bits per heavy atom. The fourth-order valence-corrected chi connectivity index (χ4v) is 2.16. The van der Waals surface area contributed by atoms with Crippen LogP contribution in [0.2, 0.25) is 0 Å². The molecule has 1 unspecified atom stereocenters. The van der Waals surface area contributed by atoms with Crippen LogP contribution in [0, 0.1) is 0 Å². The lowest BCUT2D eigenvalue weighted by molar-refractivity contribution is 0.0488. The van der Waals surface area contributed by atoms with Crippen molar-refractivity contribution in [1.29, 1.82) is 0 Å². The SMILES string of the molecule is CCc1cccc(OCC(O)CNC2CC(O)C2)c1. The Kier molecular flexibility index (Phi) is 5.19. The van der Waals surface area contributed by atoms with Crippen LogP contribution in [0.15, 0.2) is 24.3 Å². The number of ether oxygens (including phenoxy) is 1. The van der Waals surface area contributed by atoms with E-state index < -0.39 is 6.10 Å². The maximum Gasteiger partial charge on any atom is 0.119 e. The molecule has 106 valence electrons. The first-order valence-electron chi connectivity index (χ1n) is 6.98. The molecule has 0 bridgehead atoms. The summed E-state index contributed by atoms with van der Waals surface area (Å²) in [5, 5.41) is 22.2. The van der Waals surface area contributed by atoms with Gasteiger partial charge >= 0.3 is 0 Å². The van der Waals surface area contributed by atoms with Gasteiger partial charge in [-0.25, -0.2) is 0 Å². The lowest BCUT2D eigenvalue weighted by atomic mass is 9.89. The summed E-state index contributed by atoms with van der Waals surface area (Å²) in [6.07, 6.45) is 1.86. The van der Waals surface area contributed by atoms with Crippen molar-refractivity contribution in [3.63, 3.8) is 0 Å². The van der Waals surface area contributed by atoms with Gasteiger partial charge in [0.05, 0.1) is 6.10 Å². The largest absolute Gasteiger partial charge is 0.491 e. The second-order valence-corrected chi connectivity index (χ2v) is 5.20. The van der Waals surface area contributed by atoms with E-state index in [0.29, 0.717) is 12.6 Å². The maximum atomic E-state index is 9.82. The van der Waals surface area contributed by atoms with E-state index in [1.807, 2.05) is 18.2 Å². The fraction of sp³-hybridized carbons (Fsp3) is 0.600. The van der Waals surface area contributed by atoms with E-state index in [1.165, 1.54) is 5.56 Å². The molecule has 1 fully saturated rings. The molecule has 1 aliphatic carbocycles. The summed E-state index contributed by atoms with van der Waals surface area (Å²) in [7, 11) is 0. The molecule has 1 aliphatic rings. The molecular formula is C15H23NO3. The normalized spacial score (nSPS) is 23.7. The Labute approximate surface area is 114 Å². The molecule has 1 atom stereocenters. The van der Waals surface area contributed by atoms with Gasteiger partial charge in [0, 0.05) is 12.6 Å². The van der Waals surface area contributed by atoms with E-state index in [9.17, 15) is 5.11 Å². The van der Waals surface area contributed by atoms with Gasteiger partial charge in [-0.2, -0.15) is 0 Å². The molecule has 19 heavy (non-hydrogen) atoms. The van der Waals surface area contributed by atoms with Gasteiger partial charge in [-0.1, -0.05) is 19.1 Å². The molecule has 0 aliphatic heterocycles. The topological polar surface area (TPSA) is 61.7 Å². The van der Waals surface area contributed by atoms with Crippen molar-refractivity contribution in [3.05, 3.63) is 29.8 Å². The van der Waals surface area contributed by atoms with E-state index in [0.717, 1.165) is 25.0 Å². The standard InChI is InChI=1S/C15H23NO3/c1-2-11-4-3-5-15(6-11)19-10-14(18)9-16-12-7-13(17)8-12/h3-6,12-14,16-18H,2,7-10H2,1H3. The van der Waals surface area contributed by atoms with E-state index in [-0.39, 0.29) is 12.7 Å². The average Bonchev–Trinajstić information content (AvgIpc) is 2.40. The highest BCUT2D eigenvalue weighted by atomic mass is 16.5. The van der Waals surface area contributed by atoms with E-state index in [1.54, 1.807) is 0 Å². The number of aliphatic hydroxyl groups is 2. The Hall–Kier alpha value is -1.10. The first-order chi connectivity index (χ1) is 9.17. The quantitative estimate of drug-likeness (QED) is 0.691. The molecule has 4 heteroatoms. The van der Waals surface area contributed by atoms with Crippen molar-refractivity contribution >= 4 is 0 Å². The zero-order valence-electron chi connectivity index (χ0n) is 11.4. The van der Waals surface area contributed by atoms with E-state index >= 15 is 0 Å². The summed E-state index contributed by atoms with van der Waals surface area (Å²) in [6.45, 7) is 2.89. The van der Waals surface area contributed by atoms with Gasteiger partial charge in [0.2, 0.25) is 0 Å². The van der Waals surface area contributed by atoms with Crippen LogP contribution in [0.3, 0.4) is 0 Å². The Morgan fingerprint density at radius 2 is 2.21 bits per heavy atom. The van der Waals surface area contributed by atoms with Gasteiger partial charge in [0.15, 0.2) is 0 Å². The number of benzene rings is 1. The van der Waals surface area contributed by atoms with Crippen molar-refractivity contribution in [1.82, 2.24) is 5.32 Å². The van der Waals surface area contributed by atoms with E-state index in [4.69, 9.17) is 9.84 Å². The van der Waals surface area contributed by atoms with Crippen LogP contribution < -0.4 is 10.1 Å². The van der Waals surface area contributed by atoms with Crippen LogP contribution >= 0.6 is 0 Å². The third-order valence-corrected chi connectivity index (χ3v) is 3.50. The summed E-state index contributed by atoms with van der Waals surface area (Å²) in [6, 6.07) is 8.28. The van der Waals surface area contributed by atoms with Crippen LogP contribution in [-0.2, 0) is 6.42 Å². The number of hydrogen-bond donors (Lipinski definition) is 3. The minimum atomic E-state index is -0.525. The van der Waals surface area contributed by atoms with E-state index in [2.05, 4.69) is 18.3 Å². The number of nitrogens with one attached hydrogen (secondary N) is 1. The first kappa shape index (κ1) is 14.3. The minimum absolute atomic E-state index is 0.164. The molecule has 1 aromatic rings. The van der Waals surface area contributed by atoms with Crippen molar-refractivity contribution in [2.45, 2.75) is 44.4 Å². The number of hydrogen-bond acceptors (Lipinski definition) is 4. The Bertz CT molecular complexity index is 391. The fourth-order valence-electron chi connectivity index (χ4n) is 2.16.